The van der Waals surface area contributed by atoms with Crippen LogP contribution < -0.4 is 5.32 Å². The molecular formula is C10H13Br2N3O3. The summed E-state index contributed by atoms with van der Waals surface area (Å²) in [5, 5.41) is 14.7. The highest BCUT2D eigenvalue weighted by atomic mass is 79.9. The molecule has 0 fully saturated rings. The summed E-state index contributed by atoms with van der Waals surface area (Å²) in [5.74, 6) is -0.452. The number of rotatable bonds is 5. The highest BCUT2D eigenvalue weighted by Crippen LogP contribution is 2.17. The SMILES string of the molecule is Cn1c(C(=O)NC(C)(CBr)CBr)ccc1[N+](=O)[O-]. The van der Waals surface area contributed by atoms with E-state index >= 15 is 0 Å². The van der Waals surface area contributed by atoms with Crippen molar-refractivity contribution in [3.63, 3.8) is 0 Å². The van der Waals surface area contributed by atoms with Crippen LogP contribution in [0.4, 0.5) is 5.82 Å². The molecule has 18 heavy (non-hydrogen) atoms. The number of carbonyl (C=O) groups excluding carboxylic acids is 1. The quantitative estimate of drug-likeness (QED) is 0.481. The molecule has 1 amide bonds. The molecule has 1 heterocycles. The van der Waals surface area contributed by atoms with Crippen molar-refractivity contribution >= 4 is 43.6 Å². The molecule has 1 rings (SSSR count). The number of halogens is 2. The lowest BCUT2D eigenvalue weighted by Crippen LogP contribution is -2.49. The van der Waals surface area contributed by atoms with Gasteiger partial charge >= 0.3 is 5.82 Å². The van der Waals surface area contributed by atoms with Crippen molar-refractivity contribution in [3.8, 4) is 0 Å². The minimum absolute atomic E-state index is 0.112. The Hall–Kier alpha value is -0.890. The van der Waals surface area contributed by atoms with Crippen molar-refractivity contribution in [1.82, 2.24) is 9.88 Å². The van der Waals surface area contributed by atoms with Crippen LogP contribution in [0, 0.1) is 10.1 Å². The lowest BCUT2D eigenvalue weighted by Gasteiger charge is -2.25. The van der Waals surface area contributed by atoms with Crippen LogP contribution >= 0.6 is 31.9 Å². The number of nitro groups is 1. The highest BCUT2D eigenvalue weighted by Gasteiger charge is 2.28. The third-order valence-corrected chi connectivity index (χ3v) is 5.00. The summed E-state index contributed by atoms with van der Waals surface area (Å²) in [6, 6.07) is 2.75. The van der Waals surface area contributed by atoms with Crippen LogP contribution in [-0.4, -0.2) is 31.6 Å². The molecule has 0 atom stereocenters. The third-order valence-electron chi connectivity index (χ3n) is 2.52. The Morgan fingerprint density at radius 1 is 1.50 bits per heavy atom. The fraction of sp³-hybridized carbons (Fsp3) is 0.500. The van der Waals surface area contributed by atoms with Gasteiger partial charge in [-0.15, -0.1) is 0 Å². The maximum absolute atomic E-state index is 12.0. The molecule has 1 N–H and O–H groups in total. The van der Waals surface area contributed by atoms with Crippen LogP contribution in [0.2, 0.25) is 0 Å². The molecule has 0 aliphatic heterocycles. The first-order valence-electron chi connectivity index (χ1n) is 5.09. The van der Waals surface area contributed by atoms with Crippen LogP contribution in [0.25, 0.3) is 0 Å². The summed E-state index contributed by atoms with van der Waals surface area (Å²) in [6.45, 7) is 1.87. The van der Waals surface area contributed by atoms with E-state index in [4.69, 9.17) is 0 Å². The minimum Gasteiger partial charge on any atom is -0.358 e. The zero-order valence-corrected chi connectivity index (χ0v) is 13.1. The Bertz CT molecular complexity index is 469. The van der Waals surface area contributed by atoms with E-state index in [-0.39, 0.29) is 17.4 Å². The van der Waals surface area contributed by atoms with Crippen LogP contribution in [0.3, 0.4) is 0 Å². The second kappa shape index (κ2) is 5.83. The van der Waals surface area contributed by atoms with Gasteiger partial charge < -0.3 is 15.4 Å². The predicted molar refractivity (Wildman–Crippen MR) is 75.5 cm³/mol. The molecule has 0 bridgehead atoms. The van der Waals surface area contributed by atoms with Crippen molar-refractivity contribution in [2.45, 2.75) is 12.5 Å². The molecule has 0 unspecified atom stereocenters. The van der Waals surface area contributed by atoms with Crippen LogP contribution in [-0.2, 0) is 7.05 Å². The summed E-state index contributed by atoms with van der Waals surface area (Å²) >= 11 is 6.64. The van der Waals surface area contributed by atoms with E-state index in [0.29, 0.717) is 10.7 Å². The standard InChI is InChI=1S/C10H13Br2N3O3/c1-10(5-11,6-12)13-9(16)7-3-4-8(14(7)2)15(17)18/h3-4H,5-6H2,1-2H3,(H,13,16). The largest absolute Gasteiger partial charge is 0.358 e. The molecule has 1 aromatic rings. The van der Waals surface area contributed by atoms with E-state index in [1.54, 1.807) is 0 Å². The number of nitrogens with one attached hydrogen (secondary N) is 1. The molecule has 0 aromatic carbocycles. The Balaban J connectivity index is 2.95. The number of nitrogens with zero attached hydrogens (tertiary/aromatic N) is 2. The fourth-order valence-electron chi connectivity index (χ4n) is 1.35. The van der Waals surface area contributed by atoms with Crippen LogP contribution in [0.5, 0.6) is 0 Å². The van der Waals surface area contributed by atoms with Gasteiger partial charge in [-0.05, 0) is 17.9 Å². The fourth-order valence-corrected chi connectivity index (χ4v) is 2.56. The molecular weight excluding hydrogens is 370 g/mol. The lowest BCUT2D eigenvalue weighted by molar-refractivity contribution is -0.391. The van der Waals surface area contributed by atoms with Gasteiger partial charge in [-0.25, -0.2) is 4.57 Å². The average Bonchev–Trinajstić information content (AvgIpc) is 2.71. The Morgan fingerprint density at radius 2 is 2.06 bits per heavy atom. The van der Waals surface area contributed by atoms with Crippen molar-refractivity contribution in [2.75, 3.05) is 10.7 Å². The van der Waals surface area contributed by atoms with E-state index in [1.165, 1.54) is 23.7 Å². The maximum atomic E-state index is 12.0. The number of amides is 1. The van der Waals surface area contributed by atoms with Crippen LogP contribution in [0.1, 0.15) is 17.4 Å². The predicted octanol–water partition coefficient (Wildman–Crippen LogP) is 2.21. The van der Waals surface area contributed by atoms with Crippen molar-refractivity contribution in [2.24, 2.45) is 7.05 Å². The average molecular weight is 383 g/mol. The number of alkyl halides is 2. The lowest BCUT2D eigenvalue weighted by atomic mass is 10.1. The zero-order chi connectivity index (χ0) is 13.9. The molecule has 6 nitrogen and oxygen atoms in total. The van der Waals surface area contributed by atoms with E-state index in [1.807, 2.05) is 6.92 Å². The maximum Gasteiger partial charge on any atom is 0.323 e. The smallest absolute Gasteiger partial charge is 0.323 e. The molecule has 0 aliphatic rings. The number of hydrogen-bond acceptors (Lipinski definition) is 3. The summed E-state index contributed by atoms with van der Waals surface area (Å²) in [5.41, 5.74) is -0.189. The number of aromatic nitrogens is 1. The molecule has 1 aromatic heterocycles. The minimum atomic E-state index is -0.523. The number of carbonyl (C=O) groups is 1. The zero-order valence-electron chi connectivity index (χ0n) is 9.94. The van der Waals surface area contributed by atoms with Crippen molar-refractivity contribution < 1.29 is 9.72 Å². The third kappa shape index (κ3) is 3.11. The second-order valence-corrected chi connectivity index (χ2v) is 5.30. The Kier molecular flexibility index (Phi) is 4.92. The van der Waals surface area contributed by atoms with Gasteiger partial charge in [0, 0.05) is 16.7 Å². The Morgan fingerprint density at radius 3 is 2.44 bits per heavy atom. The molecule has 0 aliphatic carbocycles. The van der Waals surface area contributed by atoms with Gasteiger partial charge in [-0.3, -0.25) is 4.79 Å². The van der Waals surface area contributed by atoms with Gasteiger partial charge in [0.2, 0.25) is 0 Å². The van der Waals surface area contributed by atoms with E-state index in [2.05, 4.69) is 37.2 Å². The first-order valence-corrected chi connectivity index (χ1v) is 7.33. The normalized spacial score (nSPS) is 11.3. The molecule has 0 spiro atoms. The van der Waals surface area contributed by atoms with E-state index in [9.17, 15) is 14.9 Å². The molecule has 8 heteroatoms. The highest BCUT2D eigenvalue weighted by molar-refractivity contribution is 9.09. The van der Waals surface area contributed by atoms with Crippen molar-refractivity contribution in [3.05, 3.63) is 27.9 Å². The van der Waals surface area contributed by atoms with Gasteiger partial charge in [0.05, 0.1) is 12.6 Å². The molecule has 0 saturated carbocycles. The van der Waals surface area contributed by atoms with Gasteiger partial charge in [-0.1, -0.05) is 31.9 Å². The monoisotopic (exact) mass is 381 g/mol. The molecule has 0 radical (unpaired) electrons. The van der Waals surface area contributed by atoms with Crippen molar-refractivity contribution in [1.29, 1.82) is 0 Å². The summed E-state index contributed by atoms with van der Waals surface area (Å²) in [6.07, 6.45) is 0. The first kappa shape index (κ1) is 15.2. The second-order valence-electron chi connectivity index (χ2n) is 4.17. The van der Waals surface area contributed by atoms with Gasteiger partial charge in [0.15, 0.2) is 5.69 Å². The molecule has 0 saturated heterocycles. The van der Waals surface area contributed by atoms with Gasteiger partial charge in [0.25, 0.3) is 5.91 Å². The topological polar surface area (TPSA) is 77.2 Å². The van der Waals surface area contributed by atoms with Crippen LogP contribution in [0.15, 0.2) is 12.1 Å². The summed E-state index contributed by atoms with van der Waals surface area (Å²) in [4.78, 5) is 22.2. The Labute approximate surface area is 121 Å². The summed E-state index contributed by atoms with van der Waals surface area (Å²) < 4.78 is 1.26. The molecule has 100 valence electrons. The van der Waals surface area contributed by atoms with E-state index < -0.39 is 10.5 Å². The summed E-state index contributed by atoms with van der Waals surface area (Å²) in [7, 11) is 1.49. The van der Waals surface area contributed by atoms with Gasteiger partial charge in [-0.2, -0.15) is 0 Å². The van der Waals surface area contributed by atoms with Gasteiger partial charge in [0.1, 0.15) is 0 Å². The first-order chi connectivity index (χ1) is 8.34. The number of hydrogen-bond donors (Lipinski definition) is 1. The van der Waals surface area contributed by atoms with E-state index in [0.717, 1.165) is 0 Å².